The van der Waals surface area contributed by atoms with Crippen molar-refractivity contribution in [3.05, 3.63) is 78.0 Å². The third-order valence-corrected chi connectivity index (χ3v) is 4.11. The maximum absolute atomic E-state index is 12.4. The highest BCUT2D eigenvalue weighted by molar-refractivity contribution is 5.93. The number of benzene rings is 1. The minimum Gasteiger partial charge on any atom is -0.345 e. The van der Waals surface area contributed by atoms with Crippen molar-refractivity contribution in [1.82, 2.24) is 24.9 Å². The molecule has 3 heterocycles. The Morgan fingerprint density at radius 1 is 1.16 bits per heavy atom. The zero-order valence-corrected chi connectivity index (χ0v) is 13.7. The predicted octanol–water partition coefficient (Wildman–Crippen LogP) is 2.96. The number of nitrogens with zero attached hydrogens (tertiary/aromatic N) is 3. The van der Waals surface area contributed by atoms with Gasteiger partial charge < -0.3 is 9.72 Å². The van der Waals surface area contributed by atoms with Gasteiger partial charge in [0.05, 0.1) is 23.4 Å². The second kappa shape index (κ2) is 6.24. The first kappa shape index (κ1) is 15.1. The van der Waals surface area contributed by atoms with Crippen LogP contribution in [0.3, 0.4) is 0 Å². The van der Waals surface area contributed by atoms with E-state index in [9.17, 15) is 4.79 Å². The van der Waals surface area contributed by atoms with Crippen LogP contribution >= 0.6 is 0 Å². The van der Waals surface area contributed by atoms with Gasteiger partial charge >= 0.3 is 0 Å². The van der Waals surface area contributed by atoms with Gasteiger partial charge in [0.15, 0.2) is 0 Å². The molecule has 0 saturated heterocycles. The predicted molar refractivity (Wildman–Crippen MR) is 95.1 cm³/mol. The molecule has 4 rings (SSSR count). The molecule has 1 amide bonds. The van der Waals surface area contributed by atoms with E-state index in [4.69, 9.17) is 0 Å². The number of fused-ring (bicyclic) bond motifs is 1. The molecule has 6 nitrogen and oxygen atoms in total. The number of aromatic nitrogens is 4. The molecule has 6 heteroatoms. The Balaban J connectivity index is 1.50. The monoisotopic (exact) mass is 331 g/mol. The van der Waals surface area contributed by atoms with Crippen molar-refractivity contribution in [3.8, 4) is 11.3 Å². The molecule has 1 aromatic carbocycles. The number of imidazole rings is 1. The molecule has 0 spiro atoms. The number of aromatic amines is 1. The molecule has 0 fully saturated rings. The maximum atomic E-state index is 12.4. The van der Waals surface area contributed by atoms with Gasteiger partial charge in [-0.25, -0.2) is 4.98 Å². The Morgan fingerprint density at radius 3 is 2.80 bits per heavy atom. The van der Waals surface area contributed by atoms with Crippen LogP contribution in [0.25, 0.3) is 16.8 Å². The lowest BCUT2D eigenvalue weighted by atomic mass is 10.1. The quantitative estimate of drug-likeness (QED) is 0.604. The van der Waals surface area contributed by atoms with Crippen LogP contribution in [0.15, 0.2) is 60.8 Å². The molecule has 2 N–H and O–H groups in total. The van der Waals surface area contributed by atoms with E-state index in [1.54, 1.807) is 6.07 Å². The van der Waals surface area contributed by atoms with E-state index in [1.807, 2.05) is 66.1 Å². The first-order valence-electron chi connectivity index (χ1n) is 8.04. The summed E-state index contributed by atoms with van der Waals surface area (Å²) in [6.07, 6.45) is 1.96. The minimum absolute atomic E-state index is 0.204. The van der Waals surface area contributed by atoms with Crippen molar-refractivity contribution in [3.63, 3.8) is 0 Å². The fraction of sp³-hybridized carbons (Fsp3) is 0.105. The number of hydrogen-bond acceptors (Lipinski definition) is 3. The van der Waals surface area contributed by atoms with Gasteiger partial charge in [0.25, 0.3) is 5.91 Å². The first-order valence-corrected chi connectivity index (χ1v) is 8.04. The second-order valence-electron chi connectivity index (χ2n) is 5.78. The molecule has 124 valence electrons. The van der Waals surface area contributed by atoms with E-state index in [2.05, 4.69) is 20.5 Å². The molecule has 0 aliphatic carbocycles. The van der Waals surface area contributed by atoms with Crippen LogP contribution in [0.4, 0.5) is 0 Å². The van der Waals surface area contributed by atoms with Crippen molar-refractivity contribution in [1.29, 1.82) is 0 Å². The minimum atomic E-state index is -0.204. The van der Waals surface area contributed by atoms with Crippen LogP contribution in [-0.4, -0.2) is 25.5 Å². The Labute approximate surface area is 144 Å². The fourth-order valence-corrected chi connectivity index (χ4v) is 2.85. The Morgan fingerprint density at radius 2 is 1.96 bits per heavy atom. The summed E-state index contributed by atoms with van der Waals surface area (Å²) >= 11 is 0. The molecule has 0 bridgehead atoms. The summed E-state index contributed by atoms with van der Waals surface area (Å²) in [7, 11) is 0. The number of amides is 1. The van der Waals surface area contributed by atoms with Gasteiger partial charge in [-0.1, -0.05) is 36.4 Å². The first-order chi connectivity index (χ1) is 12.2. The molecule has 4 aromatic rings. The highest BCUT2D eigenvalue weighted by Crippen LogP contribution is 2.17. The SMILES string of the molecule is Cc1nc(CNC(=O)c2cc(-c3ccccc3)n[nH]2)c2ccccn12. The van der Waals surface area contributed by atoms with Gasteiger partial charge in [0.1, 0.15) is 11.5 Å². The normalized spacial score (nSPS) is 10.9. The number of carbonyl (C=O) groups excluding carboxylic acids is 1. The van der Waals surface area contributed by atoms with Crippen molar-refractivity contribution in [2.75, 3.05) is 0 Å². The lowest BCUT2D eigenvalue weighted by molar-refractivity contribution is 0.0945. The molecular weight excluding hydrogens is 314 g/mol. The van der Waals surface area contributed by atoms with Gasteiger partial charge in [0, 0.05) is 11.8 Å². The van der Waals surface area contributed by atoms with E-state index < -0.39 is 0 Å². The van der Waals surface area contributed by atoms with E-state index in [0.717, 1.165) is 28.3 Å². The lowest BCUT2D eigenvalue weighted by Crippen LogP contribution is -2.23. The summed E-state index contributed by atoms with van der Waals surface area (Å²) in [6.45, 7) is 2.30. The highest BCUT2D eigenvalue weighted by atomic mass is 16.1. The third-order valence-electron chi connectivity index (χ3n) is 4.11. The molecular formula is C19H17N5O. The average molecular weight is 331 g/mol. The Bertz CT molecular complexity index is 1030. The van der Waals surface area contributed by atoms with Gasteiger partial charge in [-0.3, -0.25) is 9.89 Å². The molecule has 0 saturated carbocycles. The Kier molecular flexibility index (Phi) is 3.78. The zero-order chi connectivity index (χ0) is 17.2. The summed E-state index contributed by atoms with van der Waals surface area (Å²) in [6, 6.07) is 17.4. The van der Waals surface area contributed by atoms with Crippen molar-refractivity contribution >= 4 is 11.4 Å². The van der Waals surface area contributed by atoms with Gasteiger partial charge in [-0.15, -0.1) is 0 Å². The second-order valence-corrected chi connectivity index (χ2v) is 5.78. The molecule has 3 aromatic heterocycles. The Hall–Kier alpha value is -3.41. The number of carbonyl (C=O) groups is 1. The number of aryl methyl sites for hydroxylation is 1. The molecule has 0 atom stereocenters. The number of nitrogens with one attached hydrogen (secondary N) is 2. The summed E-state index contributed by atoms with van der Waals surface area (Å²) in [5, 5.41) is 9.91. The molecule has 0 aliphatic rings. The van der Waals surface area contributed by atoms with Crippen LogP contribution in [0.2, 0.25) is 0 Å². The van der Waals surface area contributed by atoms with Crippen molar-refractivity contribution < 1.29 is 4.79 Å². The summed E-state index contributed by atoms with van der Waals surface area (Å²) in [5.74, 6) is 0.692. The lowest BCUT2D eigenvalue weighted by Gasteiger charge is -2.01. The van der Waals surface area contributed by atoms with Crippen LogP contribution in [0.5, 0.6) is 0 Å². The number of rotatable bonds is 4. The van der Waals surface area contributed by atoms with E-state index in [0.29, 0.717) is 12.2 Å². The average Bonchev–Trinajstić information content (AvgIpc) is 3.27. The van der Waals surface area contributed by atoms with Gasteiger partial charge in [0.2, 0.25) is 0 Å². The molecule has 0 radical (unpaired) electrons. The number of hydrogen-bond donors (Lipinski definition) is 2. The topological polar surface area (TPSA) is 75.1 Å². The van der Waals surface area contributed by atoms with E-state index in [1.165, 1.54) is 0 Å². The van der Waals surface area contributed by atoms with Crippen molar-refractivity contribution in [2.45, 2.75) is 13.5 Å². The van der Waals surface area contributed by atoms with Crippen molar-refractivity contribution in [2.24, 2.45) is 0 Å². The zero-order valence-electron chi connectivity index (χ0n) is 13.7. The smallest absolute Gasteiger partial charge is 0.269 e. The highest BCUT2D eigenvalue weighted by Gasteiger charge is 2.13. The molecule has 25 heavy (non-hydrogen) atoms. The van der Waals surface area contributed by atoms with Crippen LogP contribution in [-0.2, 0) is 6.54 Å². The van der Waals surface area contributed by atoms with Crippen LogP contribution in [0, 0.1) is 6.92 Å². The maximum Gasteiger partial charge on any atom is 0.269 e. The molecule has 0 aliphatic heterocycles. The third kappa shape index (κ3) is 2.89. The van der Waals surface area contributed by atoms with Gasteiger partial charge in [-0.05, 0) is 25.1 Å². The van der Waals surface area contributed by atoms with Crippen LogP contribution < -0.4 is 5.32 Å². The summed E-state index contributed by atoms with van der Waals surface area (Å²) in [5.41, 5.74) is 3.98. The fourth-order valence-electron chi connectivity index (χ4n) is 2.85. The van der Waals surface area contributed by atoms with E-state index >= 15 is 0 Å². The van der Waals surface area contributed by atoms with E-state index in [-0.39, 0.29) is 5.91 Å². The summed E-state index contributed by atoms with van der Waals surface area (Å²) < 4.78 is 2.01. The van der Waals surface area contributed by atoms with Gasteiger partial charge in [-0.2, -0.15) is 5.10 Å². The molecule has 0 unspecified atom stereocenters. The summed E-state index contributed by atoms with van der Waals surface area (Å²) in [4.78, 5) is 16.9. The van der Waals surface area contributed by atoms with Crippen LogP contribution in [0.1, 0.15) is 22.0 Å². The number of H-pyrrole nitrogens is 1. The number of pyridine rings is 1. The largest absolute Gasteiger partial charge is 0.345 e. The standard InChI is InChI=1S/C19H17N5O/c1-13-21-17(18-9-5-6-10-24(13)18)12-20-19(25)16-11-15(22-23-16)14-7-3-2-4-8-14/h2-11H,12H2,1H3,(H,20,25)(H,22,23).